The van der Waals surface area contributed by atoms with Gasteiger partial charge in [0.05, 0.1) is 17.5 Å². The molecule has 0 atom stereocenters. The van der Waals surface area contributed by atoms with Crippen LogP contribution in [0.2, 0.25) is 0 Å². The Hall–Kier alpha value is -2.10. The summed E-state index contributed by atoms with van der Waals surface area (Å²) in [7, 11) is 0. The molecule has 0 aliphatic heterocycles. The molecule has 4 nitrogen and oxygen atoms in total. The molecule has 2 rings (SSSR count). The van der Waals surface area contributed by atoms with E-state index in [0.717, 1.165) is 18.4 Å². The molecule has 0 radical (unpaired) electrons. The van der Waals surface area contributed by atoms with Crippen LogP contribution in [-0.4, -0.2) is 11.6 Å². The van der Waals surface area contributed by atoms with Gasteiger partial charge in [-0.05, 0) is 25.0 Å². The topological polar surface area (TPSA) is 52.3 Å². The molecule has 0 amide bonds. The summed E-state index contributed by atoms with van der Waals surface area (Å²) in [6, 6.07) is 5.54. The minimum atomic E-state index is -0.412. The van der Waals surface area contributed by atoms with Crippen molar-refractivity contribution in [3.63, 3.8) is 0 Å². The summed E-state index contributed by atoms with van der Waals surface area (Å²) in [5.41, 5.74) is 1.01. The Morgan fingerprint density at radius 3 is 2.95 bits per heavy atom. The monoisotopic (exact) mass is 259 g/mol. The summed E-state index contributed by atoms with van der Waals surface area (Å²) in [5.74, 6) is 0. The molecule has 0 saturated carbocycles. The van der Waals surface area contributed by atoms with Gasteiger partial charge >= 0.3 is 11.7 Å². The van der Waals surface area contributed by atoms with Crippen molar-refractivity contribution in [1.82, 2.24) is 4.98 Å². The van der Waals surface area contributed by atoms with Crippen molar-refractivity contribution in [3.05, 3.63) is 40.3 Å². The lowest BCUT2D eigenvalue weighted by Crippen LogP contribution is -2.06. The Bertz CT molecular complexity index is 643. The Labute approximate surface area is 111 Å². The number of benzene rings is 1. The molecule has 1 aromatic heterocycles. The van der Waals surface area contributed by atoms with E-state index in [4.69, 9.17) is 9.15 Å². The number of ether oxygens (including phenoxy) is 1. The smallest absolute Gasteiger partial charge is 0.397 e. The van der Waals surface area contributed by atoms with Gasteiger partial charge in [-0.1, -0.05) is 37.6 Å². The fraction of sp³-hybridized carbons (Fsp3) is 0.333. The summed E-state index contributed by atoms with van der Waals surface area (Å²) in [5, 5.41) is 0.498. The SMILES string of the molecule is CCC/C=C/c1cccc2nc(OCC)oc(=O)c12. The third-order valence-corrected chi connectivity index (χ3v) is 2.69. The summed E-state index contributed by atoms with van der Waals surface area (Å²) in [4.78, 5) is 16.2. The van der Waals surface area contributed by atoms with Crippen molar-refractivity contribution in [2.75, 3.05) is 6.61 Å². The lowest BCUT2D eigenvalue weighted by molar-refractivity contribution is 0.229. The first kappa shape index (κ1) is 13.3. The van der Waals surface area contributed by atoms with E-state index in [0.29, 0.717) is 17.5 Å². The first-order valence-electron chi connectivity index (χ1n) is 6.49. The maximum absolute atomic E-state index is 12.0. The highest BCUT2D eigenvalue weighted by atomic mass is 16.6. The molecule has 0 N–H and O–H groups in total. The van der Waals surface area contributed by atoms with Crippen LogP contribution < -0.4 is 10.4 Å². The van der Waals surface area contributed by atoms with Crippen molar-refractivity contribution in [1.29, 1.82) is 0 Å². The van der Waals surface area contributed by atoms with Crippen molar-refractivity contribution in [2.24, 2.45) is 0 Å². The van der Waals surface area contributed by atoms with Crippen LogP contribution in [0.1, 0.15) is 32.3 Å². The van der Waals surface area contributed by atoms with Crippen molar-refractivity contribution in [3.8, 4) is 6.08 Å². The van der Waals surface area contributed by atoms with Gasteiger partial charge in [-0.15, -0.1) is 0 Å². The normalized spacial score (nSPS) is 11.3. The number of nitrogens with zero attached hydrogens (tertiary/aromatic N) is 1. The highest BCUT2D eigenvalue weighted by molar-refractivity contribution is 5.86. The van der Waals surface area contributed by atoms with Crippen molar-refractivity contribution in [2.45, 2.75) is 26.7 Å². The number of unbranched alkanes of at least 4 members (excludes halogenated alkanes) is 1. The highest BCUT2D eigenvalue weighted by Crippen LogP contribution is 2.18. The lowest BCUT2D eigenvalue weighted by Gasteiger charge is -2.03. The summed E-state index contributed by atoms with van der Waals surface area (Å²) in [6.45, 7) is 4.34. The van der Waals surface area contributed by atoms with Gasteiger partial charge in [0.25, 0.3) is 0 Å². The van der Waals surface area contributed by atoms with Gasteiger partial charge in [-0.25, -0.2) is 4.79 Å². The van der Waals surface area contributed by atoms with Gasteiger partial charge in [-0.2, -0.15) is 4.98 Å². The summed E-state index contributed by atoms with van der Waals surface area (Å²) in [6.07, 6.45) is 6.05. The van der Waals surface area contributed by atoms with Gasteiger partial charge in [0.15, 0.2) is 0 Å². The van der Waals surface area contributed by atoms with E-state index >= 15 is 0 Å². The largest absolute Gasteiger partial charge is 0.450 e. The van der Waals surface area contributed by atoms with Gasteiger partial charge in [0.1, 0.15) is 0 Å². The van der Waals surface area contributed by atoms with Crippen LogP contribution >= 0.6 is 0 Å². The Kier molecular flexibility index (Phi) is 4.34. The van der Waals surface area contributed by atoms with E-state index in [1.807, 2.05) is 31.2 Å². The van der Waals surface area contributed by atoms with E-state index < -0.39 is 5.63 Å². The second-order valence-corrected chi connectivity index (χ2v) is 4.13. The third-order valence-electron chi connectivity index (χ3n) is 2.69. The minimum Gasteiger partial charge on any atom is -0.450 e. The molecule has 0 unspecified atom stereocenters. The molecular formula is C15H17NO3. The van der Waals surface area contributed by atoms with Gasteiger partial charge in [0.2, 0.25) is 0 Å². The number of fused-ring (bicyclic) bond motifs is 1. The highest BCUT2D eigenvalue weighted by Gasteiger charge is 2.09. The number of aromatic nitrogens is 1. The number of hydrogen-bond acceptors (Lipinski definition) is 4. The predicted molar refractivity (Wildman–Crippen MR) is 75.4 cm³/mol. The molecule has 19 heavy (non-hydrogen) atoms. The van der Waals surface area contributed by atoms with Crippen LogP contribution in [0, 0.1) is 0 Å². The van der Waals surface area contributed by atoms with Crippen LogP contribution in [0.25, 0.3) is 17.0 Å². The maximum atomic E-state index is 12.0. The molecule has 0 spiro atoms. The second kappa shape index (κ2) is 6.18. The molecule has 0 fully saturated rings. The van der Waals surface area contributed by atoms with Gasteiger partial charge in [0, 0.05) is 0 Å². The van der Waals surface area contributed by atoms with E-state index in [2.05, 4.69) is 11.9 Å². The molecule has 4 heteroatoms. The quantitative estimate of drug-likeness (QED) is 0.825. The summed E-state index contributed by atoms with van der Waals surface area (Å²) < 4.78 is 10.2. The third kappa shape index (κ3) is 3.02. The summed E-state index contributed by atoms with van der Waals surface area (Å²) >= 11 is 0. The molecular weight excluding hydrogens is 242 g/mol. The fourth-order valence-electron chi connectivity index (χ4n) is 1.83. The predicted octanol–water partition coefficient (Wildman–Crippen LogP) is 3.40. The average molecular weight is 259 g/mol. The molecule has 1 aromatic carbocycles. The number of hydrogen-bond donors (Lipinski definition) is 0. The van der Waals surface area contributed by atoms with E-state index in [1.54, 1.807) is 6.07 Å². The number of rotatable bonds is 5. The first-order chi connectivity index (χ1) is 9.26. The fourth-order valence-corrected chi connectivity index (χ4v) is 1.83. The Balaban J connectivity index is 2.53. The van der Waals surface area contributed by atoms with Crippen LogP contribution in [0.4, 0.5) is 0 Å². The van der Waals surface area contributed by atoms with E-state index in [1.165, 1.54) is 0 Å². The van der Waals surface area contributed by atoms with Gasteiger partial charge in [-0.3, -0.25) is 0 Å². The van der Waals surface area contributed by atoms with Crippen LogP contribution in [0.3, 0.4) is 0 Å². The molecule has 0 aliphatic rings. The standard InChI is InChI=1S/C15H17NO3/c1-3-5-6-8-11-9-7-10-12-13(11)14(17)19-15(16-12)18-4-2/h6-10H,3-5H2,1-2H3/b8-6+. The minimum absolute atomic E-state index is 0.0229. The zero-order valence-corrected chi connectivity index (χ0v) is 11.2. The van der Waals surface area contributed by atoms with Gasteiger partial charge < -0.3 is 9.15 Å². The van der Waals surface area contributed by atoms with Crippen LogP contribution in [0.15, 0.2) is 33.5 Å². The van der Waals surface area contributed by atoms with E-state index in [-0.39, 0.29) is 6.08 Å². The molecule has 1 heterocycles. The molecule has 100 valence electrons. The van der Waals surface area contributed by atoms with E-state index in [9.17, 15) is 4.79 Å². The maximum Gasteiger partial charge on any atom is 0.397 e. The zero-order chi connectivity index (χ0) is 13.7. The Morgan fingerprint density at radius 2 is 2.21 bits per heavy atom. The molecule has 2 aromatic rings. The van der Waals surface area contributed by atoms with Crippen LogP contribution in [-0.2, 0) is 0 Å². The molecule has 0 aliphatic carbocycles. The second-order valence-electron chi connectivity index (χ2n) is 4.13. The van der Waals surface area contributed by atoms with Crippen molar-refractivity contribution < 1.29 is 9.15 Å². The van der Waals surface area contributed by atoms with Crippen molar-refractivity contribution >= 4 is 17.0 Å². The average Bonchev–Trinajstić information content (AvgIpc) is 2.39. The number of allylic oxidation sites excluding steroid dienone is 1. The zero-order valence-electron chi connectivity index (χ0n) is 11.2. The Morgan fingerprint density at radius 1 is 1.37 bits per heavy atom. The van der Waals surface area contributed by atoms with Crippen LogP contribution in [0.5, 0.6) is 6.08 Å². The molecule has 0 bridgehead atoms. The first-order valence-corrected chi connectivity index (χ1v) is 6.49. The molecule has 0 saturated heterocycles. The lowest BCUT2D eigenvalue weighted by atomic mass is 10.1.